The third kappa shape index (κ3) is 5.02. The maximum Gasteiger partial charge on any atom is 0.225 e. The summed E-state index contributed by atoms with van der Waals surface area (Å²) < 4.78 is 0. The maximum absolute atomic E-state index is 11.9. The molecule has 1 aromatic carbocycles. The molecule has 0 spiro atoms. The molecule has 0 bridgehead atoms. The molecular formula is C16H25N3OS. The van der Waals surface area contributed by atoms with E-state index in [-0.39, 0.29) is 5.91 Å². The van der Waals surface area contributed by atoms with Gasteiger partial charge in [0.05, 0.1) is 0 Å². The van der Waals surface area contributed by atoms with Crippen LogP contribution in [0.25, 0.3) is 0 Å². The van der Waals surface area contributed by atoms with Crippen molar-refractivity contribution >= 4 is 23.4 Å². The first-order valence-corrected chi connectivity index (χ1v) is 8.69. The molecule has 2 rings (SSSR count). The molecule has 1 aromatic rings. The fraction of sp³-hybridized carbons (Fsp3) is 0.562. The van der Waals surface area contributed by atoms with E-state index in [4.69, 9.17) is 0 Å². The molecule has 1 fully saturated rings. The van der Waals surface area contributed by atoms with Gasteiger partial charge in [-0.3, -0.25) is 9.69 Å². The van der Waals surface area contributed by atoms with Crippen LogP contribution in [0.3, 0.4) is 0 Å². The van der Waals surface area contributed by atoms with Gasteiger partial charge in [0.2, 0.25) is 5.91 Å². The summed E-state index contributed by atoms with van der Waals surface area (Å²) in [7, 11) is 1.86. The molecule has 0 radical (unpaired) electrons. The van der Waals surface area contributed by atoms with Gasteiger partial charge in [0.1, 0.15) is 0 Å². The smallest absolute Gasteiger partial charge is 0.225 e. The highest BCUT2D eigenvalue weighted by atomic mass is 32.2. The van der Waals surface area contributed by atoms with Crippen molar-refractivity contribution in [2.24, 2.45) is 0 Å². The molecule has 116 valence electrons. The highest BCUT2D eigenvalue weighted by molar-refractivity contribution is 7.99. The van der Waals surface area contributed by atoms with Crippen LogP contribution in [0.5, 0.6) is 0 Å². The van der Waals surface area contributed by atoms with E-state index in [1.165, 1.54) is 22.6 Å². The summed E-state index contributed by atoms with van der Waals surface area (Å²) in [5.41, 5.74) is 3.45. The number of hydrogen-bond donors (Lipinski definition) is 2. The Balaban J connectivity index is 1.99. The highest BCUT2D eigenvalue weighted by Gasteiger charge is 2.13. The van der Waals surface area contributed by atoms with Crippen LogP contribution < -0.4 is 10.6 Å². The Morgan fingerprint density at radius 3 is 2.81 bits per heavy atom. The lowest BCUT2D eigenvalue weighted by molar-refractivity contribution is -0.116. The Morgan fingerprint density at radius 2 is 2.10 bits per heavy atom. The second-order valence-electron chi connectivity index (χ2n) is 5.38. The van der Waals surface area contributed by atoms with Crippen LogP contribution in [0, 0.1) is 6.92 Å². The van der Waals surface area contributed by atoms with Gasteiger partial charge in [-0.05, 0) is 31.2 Å². The van der Waals surface area contributed by atoms with E-state index < -0.39 is 0 Å². The predicted molar refractivity (Wildman–Crippen MR) is 91.0 cm³/mol. The lowest BCUT2D eigenvalue weighted by atomic mass is 10.1. The summed E-state index contributed by atoms with van der Waals surface area (Å²) in [6.45, 7) is 6.09. The first kappa shape index (κ1) is 16.3. The Bertz CT molecular complexity index is 473. The van der Waals surface area contributed by atoms with Crippen LogP contribution in [-0.4, -0.2) is 49.0 Å². The number of carbonyl (C=O) groups excluding carboxylic acids is 1. The summed E-state index contributed by atoms with van der Waals surface area (Å²) in [6.07, 6.45) is 0.503. The van der Waals surface area contributed by atoms with E-state index in [9.17, 15) is 4.79 Å². The molecule has 0 saturated carbocycles. The van der Waals surface area contributed by atoms with Gasteiger partial charge in [0.15, 0.2) is 0 Å². The third-order valence-electron chi connectivity index (χ3n) is 3.82. The van der Waals surface area contributed by atoms with Crippen molar-refractivity contribution in [3.8, 4) is 0 Å². The second-order valence-corrected chi connectivity index (χ2v) is 6.60. The monoisotopic (exact) mass is 307 g/mol. The summed E-state index contributed by atoms with van der Waals surface area (Å²) in [5, 5.41) is 6.02. The van der Waals surface area contributed by atoms with Crippen LogP contribution in [0.2, 0.25) is 0 Å². The van der Waals surface area contributed by atoms with Crippen molar-refractivity contribution in [1.29, 1.82) is 0 Å². The molecule has 0 unspecified atom stereocenters. The second kappa shape index (κ2) is 8.41. The fourth-order valence-corrected chi connectivity index (χ4v) is 3.42. The molecule has 1 heterocycles. The van der Waals surface area contributed by atoms with Crippen molar-refractivity contribution in [3.63, 3.8) is 0 Å². The number of benzene rings is 1. The minimum Gasteiger partial charge on any atom is -0.326 e. The van der Waals surface area contributed by atoms with Gasteiger partial charge in [0, 0.05) is 49.8 Å². The van der Waals surface area contributed by atoms with Gasteiger partial charge in [0.25, 0.3) is 0 Å². The van der Waals surface area contributed by atoms with Crippen molar-refractivity contribution in [2.75, 3.05) is 43.5 Å². The Labute approximate surface area is 131 Å². The lowest BCUT2D eigenvalue weighted by Crippen LogP contribution is -2.32. The fourth-order valence-electron chi connectivity index (χ4n) is 2.44. The van der Waals surface area contributed by atoms with Gasteiger partial charge in [-0.2, -0.15) is 11.8 Å². The van der Waals surface area contributed by atoms with Gasteiger partial charge in [-0.15, -0.1) is 0 Å². The minimum atomic E-state index is 0.0685. The predicted octanol–water partition coefficient (Wildman–Crippen LogP) is 2.09. The van der Waals surface area contributed by atoms with E-state index >= 15 is 0 Å². The SMILES string of the molecule is CNCCC(=O)Nc1cccc(CN2CCSCC2)c1C. The molecule has 5 heteroatoms. The normalized spacial score (nSPS) is 15.9. The van der Waals surface area contributed by atoms with Crippen molar-refractivity contribution in [1.82, 2.24) is 10.2 Å². The van der Waals surface area contributed by atoms with Crippen LogP contribution in [0.1, 0.15) is 17.5 Å². The average Bonchev–Trinajstić information content (AvgIpc) is 2.50. The van der Waals surface area contributed by atoms with Crippen molar-refractivity contribution < 1.29 is 4.79 Å². The number of amides is 1. The molecule has 0 atom stereocenters. The summed E-state index contributed by atoms with van der Waals surface area (Å²) in [4.78, 5) is 14.4. The lowest BCUT2D eigenvalue weighted by Gasteiger charge is -2.27. The number of rotatable bonds is 6. The van der Waals surface area contributed by atoms with Gasteiger partial charge in [-0.1, -0.05) is 12.1 Å². The van der Waals surface area contributed by atoms with Crippen molar-refractivity contribution in [3.05, 3.63) is 29.3 Å². The molecular weight excluding hydrogens is 282 g/mol. The van der Waals surface area contributed by atoms with E-state index in [2.05, 4.69) is 28.5 Å². The molecule has 1 aliphatic rings. The Morgan fingerprint density at radius 1 is 1.33 bits per heavy atom. The zero-order chi connectivity index (χ0) is 15.1. The number of thioether (sulfide) groups is 1. The third-order valence-corrected chi connectivity index (χ3v) is 4.76. The summed E-state index contributed by atoms with van der Waals surface area (Å²) in [6, 6.07) is 6.19. The largest absolute Gasteiger partial charge is 0.326 e. The zero-order valence-electron chi connectivity index (χ0n) is 12.9. The zero-order valence-corrected chi connectivity index (χ0v) is 13.8. The van der Waals surface area contributed by atoms with Crippen molar-refractivity contribution in [2.45, 2.75) is 19.9 Å². The topological polar surface area (TPSA) is 44.4 Å². The molecule has 0 aliphatic carbocycles. The number of anilines is 1. The number of carbonyl (C=O) groups is 1. The summed E-state index contributed by atoms with van der Waals surface area (Å²) >= 11 is 2.03. The van der Waals surface area contributed by atoms with Crippen LogP contribution >= 0.6 is 11.8 Å². The Hall–Kier alpha value is -1.04. The number of nitrogens with one attached hydrogen (secondary N) is 2. The molecule has 21 heavy (non-hydrogen) atoms. The van der Waals surface area contributed by atoms with E-state index in [1.807, 2.05) is 30.9 Å². The summed E-state index contributed by atoms with van der Waals surface area (Å²) in [5.74, 6) is 2.51. The molecule has 0 aromatic heterocycles. The number of nitrogens with zero attached hydrogens (tertiary/aromatic N) is 1. The van der Waals surface area contributed by atoms with E-state index in [0.717, 1.165) is 25.3 Å². The van der Waals surface area contributed by atoms with E-state index in [0.29, 0.717) is 13.0 Å². The van der Waals surface area contributed by atoms with Gasteiger partial charge in [-0.25, -0.2) is 0 Å². The molecule has 4 nitrogen and oxygen atoms in total. The first-order chi connectivity index (χ1) is 10.2. The number of hydrogen-bond acceptors (Lipinski definition) is 4. The van der Waals surface area contributed by atoms with E-state index in [1.54, 1.807) is 0 Å². The quantitative estimate of drug-likeness (QED) is 0.845. The Kier molecular flexibility index (Phi) is 6.54. The van der Waals surface area contributed by atoms with Crippen LogP contribution in [-0.2, 0) is 11.3 Å². The molecule has 1 amide bonds. The van der Waals surface area contributed by atoms with Crippen LogP contribution in [0.15, 0.2) is 18.2 Å². The molecule has 1 aliphatic heterocycles. The first-order valence-electron chi connectivity index (χ1n) is 7.53. The minimum absolute atomic E-state index is 0.0685. The molecule has 1 saturated heterocycles. The molecule has 2 N–H and O–H groups in total. The average molecular weight is 307 g/mol. The standard InChI is InChI=1S/C16H25N3OS/c1-13-14(12-19-8-10-21-11-9-19)4-3-5-15(13)18-16(20)6-7-17-2/h3-5,17H,6-12H2,1-2H3,(H,18,20). The maximum atomic E-state index is 11.9. The van der Waals surface area contributed by atoms with Gasteiger partial charge < -0.3 is 10.6 Å². The van der Waals surface area contributed by atoms with Gasteiger partial charge >= 0.3 is 0 Å². The highest BCUT2D eigenvalue weighted by Crippen LogP contribution is 2.22. The van der Waals surface area contributed by atoms with Crippen LogP contribution in [0.4, 0.5) is 5.69 Å².